The number of thiophene rings is 2. The number of aromatic nitrogens is 2. The Morgan fingerprint density at radius 1 is 1.38 bits per heavy atom. The quantitative estimate of drug-likeness (QED) is 0.720. The molecule has 0 radical (unpaired) electrons. The molecule has 0 aliphatic heterocycles. The number of fused-ring (bicyclic) bond motifs is 1. The highest BCUT2D eigenvalue weighted by molar-refractivity contribution is 9.10. The van der Waals surface area contributed by atoms with Crippen LogP contribution in [0.4, 0.5) is 0 Å². The zero-order valence-electron chi connectivity index (χ0n) is 10.6. The van der Waals surface area contributed by atoms with Crippen LogP contribution in [-0.4, -0.2) is 21.0 Å². The second kappa shape index (κ2) is 5.70. The molecular formula is C13H9BrN2O3S2. The maximum Gasteiger partial charge on any atom is 0.303 e. The molecule has 0 aliphatic carbocycles. The van der Waals surface area contributed by atoms with Gasteiger partial charge in [0.15, 0.2) is 0 Å². The third-order valence-corrected chi connectivity index (χ3v) is 5.50. The van der Waals surface area contributed by atoms with Gasteiger partial charge in [-0.15, -0.1) is 22.7 Å². The Balaban J connectivity index is 2.07. The molecule has 5 nitrogen and oxygen atoms in total. The van der Waals surface area contributed by atoms with Crippen molar-refractivity contribution < 1.29 is 9.90 Å². The topological polar surface area (TPSA) is 83.0 Å². The third kappa shape index (κ3) is 2.92. The van der Waals surface area contributed by atoms with E-state index in [-0.39, 0.29) is 18.4 Å². The maximum absolute atomic E-state index is 12.3. The van der Waals surface area contributed by atoms with E-state index in [9.17, 15) is 9.59 Å². The first kappa shape index (κ1) is 14.4. The summed E-state index contributed by atoms with van der Waals surface area (Å²) in [5.41, 5.74) is 0.644. The van der Waals surface area contributed by atoms with Crippen LogP contribution in [0.25, 0.3) is 20.7 Å². The summed E-state index contributed by atoms with van der Waals surface area (Å²) in [6.45, 7) is 0. The lowest BCUT2D eigenvalue weighted by atomic mass is 10.2. The lowest BCUT2D eigenvalue weighted by Crippen LogP contribution is -2.12. The van der Waals surface area contributed by atoms with Gasteiger partial charge in [0.2, 0.25) is 0 Å². The monoisotopic (exact) mass is 384 g/mol. The van der Waals surface area contributed by atoms with E-state index < -0.39 is 5.97 Å². The molecular weight excluding hydrogens is 376 g/mol. The standard InChI is InChI=1S/C13H9BrN2O3S2/c14-6-3-8(20-4-6)7-5-21-13-11(7)12(19)15-9(16-13)1-2-10(17)18/h3-5H,1-2H2,(H,17,18)(H,15,16,19). The highest BCUT2D eigenvalue weighted by Gasteiger charge is 2.14. The van der Waals surface area contributed by atoms with E-state index in [1.54, 1.807) is 11.3 Å². The van der Waals surface area contributed by atoms with Gasteiger partial charge in [0.25, 0.3) is 5.56 Å². The fraction of sp³-hybridized carbons (Fsp3) is 0.154. The van der Waals surface area contributed by atoms with E-state index in [1.807, 2.05) is 16.8 Å². The summed E-state index contributed by atoms with van der Waals surface area (Å²) in [5, 5.41) is 13.1. The van der Waals surface area contributed by atoms with Crippen LogP contribution in [0.2, 0.25) is 0 Å². The maximum atomic E-state index is 12.3. The Kier molecular flexibility index (Phi) is 3.92. The van der Waals surface area contributed by atoms with Crippen molar-refractivity contribution in [1.29, 1.82) is 0 Å². The summed E-state index contributed by atoms with van der Waals surface area (Å²) in [6, 6.07) is 1.96. The molecule has 21 heavy (non-hydrogen) atoms. The minimum atomic E-state index is -0.909. The molecule has 0 aromatic carbocycles. The van der Waals surface area contributed by atoms with E-state index in [1.165, 1.54) is 11.3 Å². The minimum absolute atomic E-state index is 0.0510. The van der Waals surface area contributed by atoms with E-state index in [4.69, 9.17) is 5.11 Å². The van der Waals surface area contributed by atoms with Crippen LogP contribution >= 0.6 is 38.6 Å². The second-order valence-corrected chi connectivity index (χ2v) is 7.05. The molecule has 0 unspecified atom stereocenters. The van der Waals surface area contributed by atoms with Gasteiger partial charge in [-0.25, -0.2) is 4.98 Å². The van der Waals surface area contributed by atoms with Crippen LogP contribution in [0.15, 0.2) is 26.1 Å². The van der Waals surface area contributed by atoms with E-state index in [0.29, 0.717) is 16.0 Å². The summed E-state index contributed by atoms with van der Waals surface area (Å²) in [5.74, 6) is -0.497. The molecule has 3 heterocycles. The van der Waals surface area contributed by atoms with Crippen molar-refractivity contribution in [2.75, 3.05) is 0 Å². The first-order valence-electron chi connectivity index (χ1n) is 6.01. The number of hydrogen-bond donors (Lipinski definition) is 2. The van der Waals surface area contributed by atoms with E-state index in [0.717, 1.165) is 14.9 Å². The highest BCUT2D eigenvalue weighted by Crippen LogP contribution is 2.36. The number of aromatic amines is 1. The molecule has 2 N–H and O–H groups in total. The van der Waals surface area contributed by atoms with Crippen LogP contribution in [0.1, 0.15) is 12.2 Å². The first-order valence-corrected chi connectivity index (χ1v) is 8.56. The Bertz CT molecular complexity index is 881. The largest absolute Gasteiger partial charge is 0.481 e. The number of H-pyrrole nitrogens is 1. The molecule has 3 rings (SSSR count). The van der Waals surface area contributed by atoms with Crippen molar-refractivity contribution in [2.24, 2.45) is 0 Å². The van der Waals surface area contributed by atoms with Gasteiger partial charge in [-0.05, 0) is 22.0 Å². The Morgan fingerprint density at radius 3 is 2.86 bits per heavy atom. The van der Waals surface area contributed by atoms with Gasteiger partial charge in [0, 0.05) is 32.1 Å². The number of carboxylic acid groups (broad SMARTS) is 1. The van der Waals surface area contributed by atoms with Crippen molar-refractivity contribution in [3.63, 3.8) is 0 Å². The van der Waals surface area contributed by atoms with Gasteiger partial charge >= 0.3 is 5.97 Å². The molecule has 0 amide bonds. The Morgan fingerprint density at radius 2 is 2.19 bits per heavy atom. The van der Waals surface area contributed by atoms with Gasteiger partial charge in [-0.2, -0.15) is 0 Å². The molecule has 0 fully saturated rings. The number of aryl methyl sites for hydroxylation is 1. The summed E-state index contributed by atoms with van der Waals surface area (Å²) in [7, 11) is 0. The Hall–Kier alpha value is -1.51. The number of carbonyl (C=O) groups is 1. The summed E-state index contributed by atoms with van der Waals surface area (Å²) in [4.78, 5) is 31.5. The zero-order valence-corrected chi connectivity index (χ0v) is 13.8. The number of aliphatic carboxylic acids is 1. The fourth-order valence-electron chi connectivity index (χ4n) is 1.97. The molecule has 108 valence electrons. The average molecular weight is 385 g/mol. The first-order chi connectivity index (χ1) is 10.0. The average Bonchev–Trinajstić information content (AvgIpc) is 3.02. The van der Waals surface area contributed by atoms with Gasteiger partial charge in [0.1, 0.15) is 10.7 Å². The molecule has 0 saturated carbocycles. The van der Waals surface area contributed by atoms with E-state index >= 15 is 0 Å². The predicted octanol–water partition coefficient (Wildman–Crippen LogP) is 3.49. The van der Waals surface area contributed by atoms with Gasteiger partial charge in [-0.3, -0.25) is 9.59 Å². The van der Waals surface area contributed by atoms with Crippen LogP contribution in [0.3, 0.4) is 0 Å². The number of carboxylic acids is 1. The molecule has 8 heteroatoms. The second-order valence-electron chi connectivity index (χ2n) is 4.37. The molecule has 3 aromatic heterocycles. The molecule has 0 spiro atoms. The smallest absolute Gasteiger partial charge is 0.303 e. The van der Waals surface area contributed by atoms with Gasteiger partial charge in [0.05, 0.1) is 11.8 Å². The molecule has 3 aromatic rings. The van der Waals surface area contributed by atoms with Crippen LogP contribution in [0.5, 0.6) is 0 Å². The van der Waals surface area contributed by atoms with Crippen molar-refractivity contribution in [2.45, 2.75) is 12.8 Å². The lowest BCUT2D eigenvalue weighted by molar-refractivity contribution is -0.137. The van der Waals surface area contributed by atoms with E-state index in [2.05, 4.69) is 25.9 Å². The molecule has 0 saturated heterocycles. The third-order valence-electron chi connectivity index (χ3n) is 2.90. The lowest BCUT2D eigenvalue weighted by Gasteiger charge is -1.99. The summed E-state index contributed by atoms with van der Waals surface area (Å²) >= 11 is 6.35. The highest BCUT2D eigenvalue weighted by atomic mass is 79.9. The van der Waals surface area contributed by atoms with Crippen molar-refractivity contribution in [3.05, 3.63) is 37.5 Å². The normalized spacial score (nSPS) is 11.1. The zero-order chi connectivity index (χ0) is 15.0. The van der Waals surface area contributed by atoms with Gasteiger partial charge in [-0.1, -0.05) is 0 Å². The molecule has 0 atom stereocenters. The van der Waals surface area contributed by atoms with Crippen molar-refractivity contribution >= 4 is 54.8 Å². The van der Waals surface area contributed by atoms with Crippen molar-refractivity contribution in [1.82, 2.24) is 9.97 Å². The van der Waals surface area contributed by atoms with Crippen LogP contribution < -0.4 is 5.56 Å². The predicted molar refractivity (Wildman–Crippen MR) is 87.2 cm³/mol. The molecule has 0 aliphatic rings. The van der Waals surface area contributed by atoms with Crippen molar-refractivity contribution in [3.8, 4) is 10.4 Å². The minimum Gasteiger partial charge on any atom is -0.481 e. The van der Waals surface area contributed by atoms with Crippen LogP contribution in [-0.2, 0) is 11.2 Å². The number of nitrogens with one attached hydrogen (secondary N) is 1. The van der Waals surface area contributed by atoms with Gasteiger partial charge < -0.3 is 10.1 Å². The molecule has 0 bridgehead atoms. The number of halogens is 1. The SMILES string of the molecule is O=C(O)CCc1nc2scc(-c3cc(Br)cs3)c2c(=O)[nH]1. The Labute approximate surface area is 135 Å². The number of rotatable bonds is 4. The number of hydrogen-bond acceptors (Lipinski definition) is 5. The number of nitrogens with zero attached hydrogens (tertiary/aromatic N) is 1. The summed E-state index contributed by atoms with van der Waals surface area (Å²) < 4.78 is 0.976. The fourth-order valence-corrected chi connectivity index (χ4v) is 4.46. The van der Waals surface area contributed by atoms with Crippen LogP contribution in [0, 0.1) is 0 Å². The summed E-state index contributed by atoms with van der Waals surface area (Å²) in [6.07, 6.45) is 0.169.